The van der Waals surface area contributed by atoms with E-state index in [-0.39, 0.29) is 24.3 Å². The number of aromatic nitrogens is 4. The summed E-state index contributed by atoms with van der Waals surface area (Å²) in [6.07, 6.45) is 6.21. The van der Waals surface area contributed by atoms with Gasteiger partial charge in [0, 0.05) is 44.1 Å². The smallest absolute Gasteiger partial charge is 0.347 e. The molecule has 1 atom stereocenters. The molecule has 9 nitrogen and oxygen atoms in total. The van der Waals surface area contributed by atoms with Gasteiger partial charge in [0.1, 0.15) is 12.4 Å². The molecule has 3 aromatic rings. The average molecular weight is 447 g/mol. The van der Waals surface area contributed by atoms with Crippen molar-refractivity contribution >= 4 is 11.8 Å². The minimum Gasteiger partial charge on any atom is -0.348 e. The van der Waals surface area contributed by atoms with Crippen molar-refractivity contribution in [2.75, 3.05) is 13.1 Å². The number of amides is 2. The molecule has 33 heavy (non-hydrogen) atoms. The van der Waals surface area contributed by atoms with E-state index in [2.05, 4.69) is 20.3 Å². The molecule has 1 N–H and O–H groups in total. The molecule has 2 aromatic heterocycles. The van der Waals surface area contributed by atoms with E-state index < -0.39 is 5.69 Å². The van der Waals surface area contributed by atoms with Gasteiger partial charge in [-0.05, 0) is 31.4 Å². The minimum absolute atomic E-state index is 0.0200. The molecule has 1 aliphatic heterocycles. The van der Waals surface area contributed by atoms with Crippen molar-refractivity contribution in [3.05, 3.63) is 88.1 Å². The van der Waals surface area contributed by atoms with Gasteiger partial charge in [-0.2, -0.15) is 0 Å². The van der Waals surface area contributed by atoms with Crippen LogP contribution in [-0.2, 0) is 17.9 Å². The Morgan fingerprint density at radius 1 is 1.15 bits per heavy atom. The number of carbonyl (C=O) groups is 2. The van der Waals surface area contributed by atoms with E-state index in [1.165, 1.54) is 10.8 Å². The van der Waals surface area contributed by atoms with E-state index in [1.807, 2.05) is 30.3 Å². The molecule has 0 radical (unpaired) electrons. The number of rotatable bonds is 6. The Labute approximate surface area is 191 Å². The number of hydrogen-bond donors (Lipinski definition) is 1. The summed E-state index contributed by atoms with van der Waals surface area (Å²) in [6.45, 7) is 3.29. The molecule has 0 spiro atoms. The summed E-state index contributed by atoms with van der Waals surface area (Å²) in [6, 6.07) is 11.3. The van der Waals surface area contributed by atoms with Gasteiger partial charge in [0.25, 0.3) is 5.91 Å². The highest BCUT2D eigenvalue weighted by Gasteiger charge is 2.27. The third-order valence-corrected chi connectivity index (χ3v) is 5.77. The number of likely N-dealkylation sites (tertiary alicyclic amines) is 1. The molecule has 1 aliphatic rings. The van der Waals surface area contributed by atoms with Gasteiger partial charge in [-0.15, -0.1) is 0 Å². The summed E-state index contributed by atoms with van der Waals surface area (Å²) in [4.78, 5) is 51.6. The van der Waals surface area contributed by atoms with Crippen molar-refractivity contribution < 1.29 is 9.59 Å². The van der Waals surface area contributed by atoms with Crippen molar-refractivity contribution in [3.8, 4) is 0 Å². The van der Waals surface area contributed by atoms with Crippen molar-refractivity contribution in [2.45, 2.75) is 38.8 Å². The zero-order valence-electron chi connectivity index (χ0n) is 18.5. The first-order valence-corrected chi connectivity index (χ1v) is 11.0. The van der Waals surface area contributed by atoms with Crippen LogP contribution in [0.2, 0.25) is 0 Å². The highest BCUT2D eigenvalue weighted by Crippen LogP contribution is 2.25. The third kappa shape index (κ3) is 5.49. The Hall–Kier alpha value is -3.88. The fourth-order valence-corrected chi connectivity index (χ4v) is 3.95. The first-order chi connectivity index (χ1) is 16.0. The lowest BCUT2D eigenvalue weighted by Crippen LogP contribution is -2.42. The van der Waals surface area contributed by atoms with Crippen LogP contribution in [0.5, 0.6) is 0 Å². The zero-order valence-corrected chi connectivity index (χ0v) is 18.5. The molecule has 1 saturated heterocycles. The van der Waals surface area contributed by atoms with Crippen LogP contribution in [0.3, 0.4) is 0 Å². The molecule has 1 aromatic carbocycles. The number of carbonyl (C=O) groups excluding carboxylic acids is 2. The second-order valence-electron chi connectivity index (χ2n) is 8.10. The standard InChI is InChI=1S/C24H26N6O3/c1-17-20(23(32)27-13-18-7-3-2-4-8-18)14-26-22(28-17)19-9-5-11-29(15-19)21(31)16-30-12-6-10-25-24(30)33/h2-4,6-8,10,12,14,19H,5,9,11,13,15-16H2,1H3,(H,27,32)/t19-/m1/s1. The second-order valence-corrected chi connectivity index (χ2v) is 8.10. The summed E-state index contributed by atoms with van der Waals surface area (Å²) in [7, 11) is 0. The lowest BCUT2D eigenvalue weighted by atomic mass is 9.96. The Balaban J connectivity index is 1.39. The lowest BCUT2D eigenvalue weighted by molar-refractivity contribution is -0.133. The molecule has 0 aliphatic carbocycles. The second kappa shape index (κ2) is 10.2. The van der Waals surface area contributed by atoms with Crippen LogP contribution < -0.4 is 11.0 Å². The minimum atomic E-state index is -0.445. The number of benzene rings is 1. The number of nitrogens with zero attached hydrogens (tertiary/aromatic N) is 5. The van der Waals surface area contributed by atoms with Crippen LogP contribution in [0.25, 0.3) is 0 Å². The fourth-order valence-electron chi connectivity index (χ4n) is 3.95. The maximum absolute atomic E-state index is 12.7. The van der Waals surface area contributed by atoms with E-state index in [0.717, 1.165) is 18.4 Å². The molecule has 0 bridgehead atoms. The van der Waals surface area contributed by atoms with E-state index >= 15 is 0 Å². The van der Waals surface area contributed by atoms with Gasteiger partial charge in [0.2, 0.25) is 5.91 Å². The highest BCUT2D eigenvalue weighted by atomic mass is 16.2. The van der Waals surface area contributed by atoms with E-state index in [4.69, 9.17) is 0 Å². The maximum atomic E-state index is 12.7. The molecular weight excluding hydrogens is 420 g/mol. The Bertz CT molecular complexity index is 1190. The van der Waals surface area contributed by atoms with Crippen LogP contribution in [0, 0.1) is 6.92 Å². The van der Waals surface area contributed by atoms with Gasteiger partial charge < -0.3 is 10.2 Å². The third-order valence-electron chi connectivity index (χ3n) is 5.77. The summed E-state index contributed by atoms with van der Waals surface area (Å²) in [5, 5.41) is 2.90. The fraction of sp³-hybridized carbons (Fsp3) is 0.333. The van der Waals surface area contributed by atoms with E-state index in [0.29, 0.717) is 36.7 Å². The number of hydrogen-bond acceptors (Lipinski definition) is 6. The van der Waals surface area contributed by atoms with Crippen LogP contribution in [0.4, 0.5) is 0 Å². The van der Waals surface area contributed by atoms with Gasteiger partial charge in [-0.25, -0.2) is 19.7 Å². The quantitative estimate of drug-likeness (QED) is 0.617. The molecule has 2 amide bonds. The number of nitrogens with one attached hydrogen (secondary N) is 1. The molecule has 170 valence electrons. The molecule has 0 saturated carbocycles. The van der Waals surface area contributed by atoms with Crippen LogP contribution in [-0.4, -0.2) is 49.3 Å². The predicted octanol–water partition coefficient (Wildman–Crippen LogP) is 1.68. The largest absolute Gasteiger partial charge is 0.348 e. The molecule has 9 heteroatoms. The first kappa shape index (κ1) is 22.3. The Kier molecular flexibility index (Phi) is 6.87. The molecular formula is C24H26N6O3. The molecule has 0 unspecified atom stereocenters. The molecule has 4 rings (SSSR count). The predicted molar refractivity (Wildman–Crippen MR) is 121 cm³/mol. The zero-order chi connectivity index (χ0) is 23.2. The lowest BCUT2D eigenvalue weighted by Gasteiger charge is -2.32. The van der Waals surface area contributed by atoms with Crippen LogP contribution >= 0.6 is 0 Å². The van der Waals surface area contributed by atoms with Gasteiger partial charge in [-0.3, -0.25) is 14.2 Å². The van der Waals surface area contributed by atoms with Gasteiger partial charge in [0.15, 0.2) is 0 Å². The van der Waals surface area contributed by atoms with Crippen molar-refractivity contribution in [1.82, 2.24) is 29.7 Å². The monoisotopic (exact) mass is 446 g/mol. The summed E-state index contributed by atoms with van der Waals surface area (Å²) in [5.74, 6) is 0.255. The first-order valence-electron chi connectivity index (χ1n) is 11.0. The van der Waals surface area contributed by atoms with Gasteiger partial charge >= 0.3 is 5.69 Å². The van der Waals surface area contributed by atoms with Crippen molar-refractivity contribution in [1.29, 1.82) is 0 Å². The highest BCUT2D eigenvalue weighted by molar-refractivity contribution is 5.94. The van der Waals surface area contributed by atoms with Crippen molar-refractivity contribution in [3.63, 3.8) is 0 Å². The molecule has 3 heterocycles. The number of aryl methyl sites for hydroxylation is 1. The topological polar surface area (TPSA) is 110 Å². The Morgan fingerprint density at radius 3 is 2.73 bits per heavy atom. The Morgan fingerprint density at radius 2 is 1.97 bits per heavy atom. The van der Waals surface area contributed by atoms with E-state index in [9.17, 15) is 14.4 Å². The summed E-state index contributed by atoms with van der Waals surface area (Å²) in [5.41, 5.74) is 1.62. The molecule has 1 fully saturated rings. The van der Waals surface area contributed by atoms with Gasteiger partial charge in [-0.1, -0.05) is 30.3 Å². The SMILES string of the molecule is Cc1nc([C@@H]2CCCN(C(=O)Cn3cccnc3=O)C2)ncc1C(=O)NCc1ccccc1. The summed E-state index contributed by atoms with van der Waals surface area (Å²) < 4.78 is 1.30. The van der Waals surface area contributed by atoms with E-state index in [1.54, 1.807) is 30.3 Å². The van der Waals surface area contributed by atoms with Gasteiger partial charge in [0.05, 0.1) is 11.3 Å². The summed E-state index contributed by atoms with van der Waals surface area (Å²) >= 11 is 0. The van der Waals surface area contributed by atoms with Crippen LogP contribution in [0.1, 0.15) is 46.2 Å². The number of piperidine rings is 1. The normalized spacial score (nSPS) is 15.8. The van der Waals surface area contributed by atoms with Crippen molar-refractivity contribution in [2.24, 2.45) is 0 Å². The van der Waals surface area contributed by atoms with Crippen LogP contribution in [0.15, 0.2) is 59.8 Å². The maximum Gasteiger partial charge on any atom is 0.347 e. The average Bonchev–Trinajstić information content (AvgIpc) is 2.84.